The molecule has 1 unspecified atom stereocenters. The van der Waals surface area contributed by atoms with Crippen LogP contribution in [0.2, 0.25) is 0 Å². The van der Waals surface area contributed by atoms with Crippen molar-refractivity contribution in [3.05, 3.63) is 41.5 Å². The number of nitrogens with one attached hydrogen (secondary N) is 1. The first-order valence-corrected chi connectivity index (χ1v) is 10.8. The van der Waals surface area contributed by atoms with Crippen molar-refractivity contribution in [2.24, 2.45) is 12.0 Å². The zero-order valence-electron chi connectivity index (χ0n) is 18.9. The summed E-state index contributed by atoms with van der Waals surface area (Å²) in [5, 5.41) is 12.0. The monoisotopic (exact) mass is 413 g/mol. The fraction of sp³-hybridized carbons (Fsp3) is 0.591. The summed E-state index contributed by atoms with van der Waals surface area (Å²) in [6, 6.07) is 8.66. The van der Waals surface area contributed by atoms with Gasteiger partial charge in [0.15, 0.2) is 11.8 Å². The van der Waals surface area contributed by atoms with Crippen molar-refractivity contribution in [1.82, 2.24) is 29.9 Å². The predicted molar refractivity (Wildman–Crippen MR) is 120 cm³/mol. The quantitative estimate of drug-likeness (QED) is 0.528. The van der Waals surface area contributed by atoms with Crippen molar-refractivity contribution >= 4 is 5.96 Å². The van der Waals surface area contributed by atoms with E-state index in [-0.39, 0.29) is 0 Å². The van der Waals surface area contributed by atoms with Crippen LogP contribution in [-0.2, 0) is 20.1 Å². The minimum absolute atomic E-state index is 0.574. The normalized spacial score (nSPS) is 17.1. The van der Waals surface area contributed by atoms with E-state index in [0.29, 0.717) is 19.1 Å². The summed E-state index contributed by atoms with van der Waals surface area (Å²) in [5.41, 5.74) is 1.16. The number of nitrogens with zero attached hydrogens (tertiary/aromatic N) is 6. The number of hydrogen-bond acceptors (Lipinski definition) is 5. The molecule has 0 aliphatic carbocycles. The molecule has 1 saturated heterocycles. The number of methoxy groups -OCH3 is 1. The molecule has 1 fully saturated rings. The standard InChI is InChI=1S/C22H35N7O/c1-6-28(7-2)19-12-13-29(16-19)22(24-15-21-26-25-17(3)27(21)4)23-14-18-8-10-20(30-5)11-9-18/h8-11,19H,6-7,12-16H2,1-5H3,(H,23,24). The van der Waals surface area contributed by atoms with Crippen LogP contribution in [0.25, 0.3) is 0 Å². The Labute approximate surface area is 179 Å². The van der Waals surface area contributed by atoms with E-state index in [0.717, 1.165) is 61.5 Å². The SMILES string of the molecule is CCN(CC)C1CCN(C(=NCc2ccc(OC)cc2)NCc2nnc(C)n2C)C1. The van der Waals surface area contributed by atoms with E-state index in [1.54, 1.807) is 7.11 Å². The Morgan fingerprint density at radius 3 is 2.57 bits per heavy atom. The van der Waals surface area contributed by atoms with Crippen LogP contribution in [0.1, 0.15) is 37.5 Å². The van der Waals surface area contributed by atoms with Crippen molar-refractivity contribution in [2.45, 2.75) is 46.3 Å². The maximum absolute atomic E-state index is 5.26. The molecule has 1 aromatic carbocycles. The first-order valence-electron chi connectivity index (χ1n) is 10.8. The highest BCUT2D eigenvalue weighted by atomic mass is 16.5. The van der Waals surface area contributed by atoms with Gasteiger partial charge in [-0.05, 0) is 44.1 Å². The summed E-state index contributed by atoms with van der Waals surface area (Å²) in [7, 11) is 3.68. The van der Waals surface area contributed by atoms with Gasteiger partial charge in [0.05, 0.1) is 20.2 Å². The lowest BCUT2D eigenvalue weighted by Gasteiger charge is -2.27. The van der Waals surface area contributed by atoms with Crippen molar-refractivity contribution < 1.29 is 4.74 Å². The molecule has 1 aromatic heterocycles. The number of guanidine groups is 1. The second-order valence-corrected chi connectivity index (χ2v) is 7.67. The summed E-state index contributed by atoms with van der Waals surface area (Å²) in [6.45, 7) is 11.8. The van der Waals surface area contributed by atoms with Crippen LogP contribution in [0.5, 0.6) is 5.75 Å². The molecule has 2 heterocycles. The average Bonchev–Trinajstić information content (AvgIpc) is 3.37. The molecule has 0 radical (unpaired) electrons. The second-order valence-electron chi connectivity index (χ2n) is 7.67. The molecule has 1 aliphatic rings. The molecule has 0 spiro atoms. The van der Waals surface area contributed by atoms with Crippen LogP contribution in [0.4, 0.5) is 0 Å². The predicted octanol–water partition coefficient (Wildman–Crippen LogP) is 2.19. The lowest BCUT2D eigenvalue weighted by molar-refractivity contribution is 0.223. The Kier molecular flexibility index (Phi) is 7.68. The van der Waals surface area contributed by atoms with Gasteiger partial charge in [-0.3, -0.25) is 4.90 Å². The van der Waals surface area contributed by atoms with Gasteiger partial charge in [0, 0.05) is 26.2 Å². The zero-order chi connectivity index (χ0) is 21.5. The third-order valence-electron chi connectivity index (χ3n) is 5.95. The summed E-state index contributed by atoms with van der Waals surface area (Å²) in [6.07, 6.45) is 1.16. The molecular formula is C22H35N7O. The van der Waals surface area contributed by atoms with E-state index in [1.165, 1.54) is 0 Å². The molecule has 3 rings (SSSR count). The molecule has 8 heteroatoms. The van der Waals surface area contributed by atoms with E-state index >= 15 is 0 Å². The topological polar surface area (TPSA) is 70.8 Å². The number of hydrogen-bond donors (Lipinski definition) is 1. The van der Waals surface area contributed by atoms with Crippen LogP contribution in [0, 0.1) is 6.92 Å². The van der Waals surface area contributed by atoms with E-state index in [9.17, 15) is 0 Å². The molecule has 1 atom stereocenters. The van der Waals surface area contributed by atoms with Gasteiger partial charge in [-0.2, -0.15) is 0 Å². The van der Waals surface area contributed by atoms with E-state index in [1.807, 2.05) is 30.7 Å². The number of aromatic nitrogens is 3. The van der Waals surface area contributed by atoms with Crippen molar-refractivity contribution in [2.75, 3.05) is 33.3 Å². The maximum Gasteiger partial charge on any atom is 0.194 e. The van der Waals surface area contributed by atoms with Crippen molar-refractivity contribution in [3.8, 4) is 5.75 Å². The summed E-state index contributed by atoms with van der Waals surface area (Å²) < 4.78 is 7.27. The summed E-state index contributed by atoms with van der Waals surface area (Å²) in [4.78, 5) is 9.85. The number of rotatable bonds is 8. The fourth-order valence-corrected chi connectivity index (χ4v) is 3.90. The first kappa shape index (κ1) is 22.1. The molecule has 8 nitrogen and oxygen atoms in total. The summed E-state index contributed by atoms with van der Waals surface area (Å²) in [5.74, 6) is 3.61. The molecule has 0 bridgehead atoms. The smallest absolute Gasteiger partial charge is 0.194 e. The fourth-order valence-electron chi connectivity index (χ4n) is 3.90. The number of benzene rings is 1. The lowest BCUT2D eigenvalue weighted by atomic mass is 10.2. The van der Waals surface area contributed by atoms with Crippen LogP contribution in [0.15, 0.2) is 29.3 Å². The zero-order valence-corrected chi connectivity index (χ0v) is 18.9. The van der Waals surface area contributed by atoms with Crippen LogP contribution < -0.4 is 10.1 Å². The van der Waals surface area contributed by atoms with Gasteiger partial charge in [0.2, 0.25) is 0 Å². The summed E-state index contributed by atoms with van der Waals surface area (Å²) >= 11 is 0. The van der Waals surface area contributed by atoms with Gasteiger partial charge in [0.1, 0.15) is 11.6 Å². The van der Waals surface area contributed by atoms with Gasteiger partial charge in [0.25, 0.3) is 0 Å². The second kappa shape index (κ2) is 10.4. The van der Waals surface area contributed by atoms with E-state index < -0.39 is 0 Å². The largest absolute Gasteiger partial charge is 0.497 e. The molecule has 30 heavy (non-hydrogen) atoms. The molecule has 0 saturated carbocycles. The van der Waals surface area contributed by atoms with Gasteiger partial charge in [-0.25, -0.2) is 4.99 Å². The molecule has 1 N–H and O–H groups in total. The van der Waals surface area contributed by atoms with E-state index in [4.69, 9.17) is 9.73 Å². The minimum Gasteiger partial charge on any atom is -0.497 e. The Morgan fingerprint density at radius 2 is 1.97 bits per heavy atom. The van der Waals surface area contributed by atoms with E-state index in [2.05, 4.69) is 51.3 Å². The Bertz CT molecular complexity index is 827. The molecular weight excluding hydrogens is 378 g/mol. The third kappa shape index (κ3) is 5.30. The molecule has 0 amide bonds. The van der Waals surface area contributed by atoms with Crippen molar-refractivity contribution in [1.29, 1.82) is 0 Å². The highest BCUT2D eigenvalue weighted by Crippen LogP contribution is 2.17. The number of aryl methyl sites for hydroxylation is 1. The minimum atomic E-state index is 0.574. The van der Waals surface area contributed by atoms with Gasteiger partial charge in [-0.1, -0.05) is 26.0 Å². The maximum atomic E-state index is 5.26. The Hall–Kier alpha value is -2.61. The van der Waals surface area contributed by atoms with Gasteiger partial charge >= 0.3 is 0 Å². The average molecular weight is 414 g/mol. The third-order valence-corrected chi connectivity index (χ3v) is 5.95. The Balaban J connectivity index is 1.72. The van der Waals surface area contributed by atoms with Gasteiger partial charge in [-0.15, -0.1) is 10.2 Å². The van der Waals surface area contributed by atoms with Crippen molar-refractivity contribution in [3.63, 3.8) is 0 Å². The number of aliphatic imine (C=N–C) groups is 1. The molecule has 164 valence electrons. The number of ether oxygens (including phenoxy) is 1. The van der Waals surface area contributed by atoms with Crippen LogP contribution in [0.3, 0.4) is 0 Å². The highest BCUT2D eigenvalue weighted by Gasteiger charge is 2.28. The number of likely N-dealkylation sites (tertiary alicyclic amines) is 1. The highest BCUT2D eigenvalue weighted by molar-refractivity contribution is 5.80. The van der Waals surface area contributed by atoms with Gasteiger partial charge < -0.3 is 19.5 Å². The van der Waals surface area contributed by atoms with Crippen LogP contribution >= 0.6 is 0 Å². The molecule has 1 aliphatic heterocycles. The molecule has 2 aromatic rings. The van der Waals surface area contributed by atoms with Crippen LogP contribution in [-0.4, -0.2) is 69.9 Å². The lowest BCUT2D eigenvalue weighted by Crippen LogP contribution is -2.43. The number of likely N-dealkylation sites (N-methyl/N-ethyl adjacent to an activating group) is 1. The Morgan fingerprint density at radius 1 is 1.23 bits per heavy atom. The first-order chi connectivity index (χ1) is 14.5.